The van der Waals surface area contributed by atoms with Crippen LogP contribution < -0.4 is 10.7 Å². The number of benzene rings is 1. The van der Waals surface area contributed by atoms with Gasteiger partial charge in [0.2, 0.25) is 0 Å². The van der Waals surface area contributed by atoms with Crippen molar-refractivity contribution in [3.05, 3.63) is 29.3 Å². The predicted octanol–water partition coefficient (Wildman–Crippen LogP) is 2.94. The van der Waals surface area contributed by atoms with Crippen LogP contribution in [0, 0.1) is 6.92 Å². The fourth-order valence-corrected chi connectivity index (χ4v) is 2.89. The van der Waals surface area contributed by atoms with Gasteiger partial charge in [-0.25, -0.2) is 5.01 Å². The first-order valence-corrected chi connectivity index (χ1v) is 7.40. The third-order valence-electron chi connectivity index (χ3n) is 4.18. The molecule has 2 rings (SSSR count). The molecule has 110 valence electrons. The molecule has 0 aromatic heterocycles. The maximum absolute atomic E-state index is 12.5. The Morgan fingerprint density at radius 1 is 1.25 bits per heavy atom. The average molecular weight is 275 g/mol. The zero-order valence-corrected chi connectivity index (χ0v) is 12.9. The van der Waals surface area contributed by atoms with Crippen LogP contribution in [0.3, 0.4) is 0 Å². The number of nitrogens with one attached hydrogen (secondary N) is 2. The Morgan fingerprint density at radius 3 is 2.45 bits per heavy atom. The number of amides is 1. The summed E-state index contributed by atoms with van der Waals surface area (Å²) in [5.41, 5.74) is 5.85. The Morgan fingerprint density at radius 2 is 1.90 bits per heavy atom. The van der Waals surface area contributed by atoms with Crippen LogP contribution in [0.5, 0.6) is 0 Å². The van der Waals surface area contributed by atoms with E-state index in [0.717, 1.165) is 29.7 Å². The van der Waals surface area contributed by atoms with Crippen LogP contribution in [-0.2, 0) is 0 Å². The van der Waals surface area contributed by atoms with Gasteiger partial charge in [0.15, 0.2) is 0 Å². The van der Waals surface area contributed by atoms with Crippen molar-refractivity contribution in [3.8, 4) is 0 Å². The van der Waals surface area contributed by atoms with E-state index in [9.17, 15) is 4.79 Å². The van der Waals surface area contributed by atoms with Crippen LogP contribution in [0.25, 0.3) is 0 Å². The Labute approximate surface area is 121 Å². The monoisotopic (exact) mass is 275 g/mol. The van der Waals surface area contributed by atoms with Crippen molar-refractivity contribution in [1.29, 1.82) is 0 Å². The van der Waals surface area contributed by atoms with E-state index in [1.807, 2.05) is 32.2 Å². The second-order valence-corrected chi connectivity index (χ2v) is 5.76. The van der Waals surface area contributed by atoms with Crippen LogP contribution >= 0.6 is 0 Å². The largest absolute Gasteiger partial charge is 0.388 e. The number of aryl methyl sites for hydroxylation is 1. The highest BCUT2D eigenvalue weighted by atomic mass is 16.2. The number of nitrogens with zero attached hydrogens (tertiary/aromatic N) is 1. The van der Waals surface area contributed by atoms with Crippen molar-refractivity contribution in [1.82, 2.24) is 10.4 Å². The summed E-state index contributed by atoms with van der Waals surface area (Å²) >= 11 is 0. The number of carbonyl (C=O) groups is 1. The lowest BCUT2D eigenvalue weighted by Gasteiger charge is -2.38. The number of hydrazine groups is 1. The quantitative estimate of drug-likeness (QED) is 0.891. The molecule has 2 N–H and O–H groups in total. The Hall–Kier alpha value is -1.55. The molecule has 1 aromatic carbocycles. The van der Waals surface area contributed by atoms with E-state index < -0.39 is 0 Å². The van der Waals surface area contributed by atoms with Crippen molar-refractivity contribution in [3.63, 3.8) is 0 Å². The topological polar surface area (TPSA) is 44.4 Å². The molecular weight excluding hydrogens is 250 g/mol. The molecule has 1 amide bonds. The molecule has 0 aliphatic carbocycles. The van der Waals surface area contributed by atoms with Gasteiger partial charge in [0.1, 0.15) is 0 Å². The van der Waals surface area contributed by atoms with Crippen molar-refractivity contribution in [2.24, 2.45) is 0 Å². The number of rotatable bonds is 3. The van der Waals surface area contributed by atoms with Gasteiger partial charge >= 0.3 is 0 Å². The Bertz CT molecular complexity index is 477. The minimum atomic E-state index is -0.00856. The minimum Gasteiger partial charge on any atom is -0.388 e. The van der Waals surface area contributed by atoms with Gasteiger partial charge in [0.05, 0.1) is 0 Å². The number of anilines is 1. The maximum Gasteiger partial charge on any atom is 0.265 e. The molecule has 20 heavy (non-hydrogen) atoms. The lowest BCUT2D eigenvalue weighted by atomic mass is 9.99. The molecule has 1 aliphatic rings. The van der Waals surface area contributed by atoms with Gasteiger partial charge in [-0.05, 0) is 57.4 Å². The number of hydrogen-bond donors (Lipinski definition) is 2. The lowest BCUT2D eigenvalue weighted by molar-refractivity contribution is 0.0369. The summed E-state index contributed by atoms with van der Waals surface area (Å²) in [6.45, 7) is 6.32. The van der Waals surface area contributed by atoms with E-state index in [2.05, 4.69) is 29.6 Å². The maximum atomic E-state index is 12.5. The normalized spacial score (nSPS) is 23.4. The molecule has 4 heteroatoms. The second-order valence-electron chi connectivity index (χ2n) is 5.76. The van der Waals surface area contributed by atoms with E-state index >= 15 is 0 Å². The molecule has 4 nitrogen and oxygen atoms in total. The summed E-state index contributed by atoms with van der Waals surface area (Å²) in [5, 5.41) is 5.20. The number of hydrogen-bond acceptors (Lipinski definition) is 3. The standard InChI is InChI=1S/C16H25N3O/c1-11-10-14(17-4)8-9-15(11)16(20)18-19-12(2)6-5-7-13(19)3/h8-10,12-13,17H,5-7H2,1-4H3,(H,18,20). The van der Waals surface area contributed by atoms with Gasteiger partial charge in [-0.2, -0.15) is 0 Å². The number of carbonyl (C=O) groups excluding carboxylic acids is 1. The van der Waals surface area contributed by atoms with Crippen LogP contribution in [0.2, 0.25) is 0 Å². The van der Waals surface area contributed by atoms with Gasteiger partial charge in [-0.15, -0.1) is 0 Å². The van der Waals surface area contributed by atoms with E-state index in [4.69, 9.17) is 0 Å². The highest BCUT2D eigenvalue weighted by Crippen LogP contribution is 2.21. The number of piperidine rings is 1. The fourth-order valence-electron chi connectivity index (χ4n) is 2.89. The summed E-state index contributed by atoms with van der Waals surface area (Å²) < 4.78 is 0. The zero-order valence-electron chi connectivity index (χ0n) is 12.9. The minimum absolute atomic E-state index is 0.00856. The van der Waals surface area contributed by atoms with Crippen molar-refractivity contribution >= 4 is 11.6 Å². The molecular formula is C16H25N3O. The molecule has 1 aliphatic heterocycles. The summed E-state index contributed by atoms with van der Waals surface area (Å²) in [6.07, 6.45) is 3.52. The second kappa shape index (κ2) is 6.27. The molecule has 1 heterocycles. The molecule has 2 unspecified atom stereocenters. The van der Waals surface area contributed by atoms with Gasteiger partial charge in [0, 0.05) is 30.4 Å². The van der Waals surface area contributed by atoms with Gasteiger partial charge in [-0.1, -0.05) is 6.42 Å². The highest BCUT2D eigenvalue weighted by Gasteiger charge is 2.26. The molecule has 1 fully saturated rings. The average Bonchev–Trinajstić information content (AvgIpc) is 2.42. The first kappa shape index (κ1) is 14.9. The molecule has 0 spiro atoms. The zero-order chi connectivity index (χ0) is 14.7. The SMILES string of the molecule is CNc1ccc(C(=O)NN2C(C)CCCC2C)c(C)c1. The summed E-state index contributed by atoms with van der Waals surface area (Å²) in [4.78, 5) is 12.5. The third kappa shape index (κ3) is 3.12. The lowest BCUT2D eigenvalue weighted by Crippen LogP contribution is -2.54. The van der Waals surface area contributed by atoms with Crippen LogP contribution in [0.15, 0.2) is 18.2 Å². The van der Waals surface area contributed by atoms with E-state index in [0.29, 0.717) is 12.1 Å². The Balaban J connectivity index is 2.11. The molecule has 1 aromatic rings. The summed E-state index contributed by atoms with van der Waals surface area (Å²) in [7, 11) is 1.88. The molecule has 0 bridgehead atoms. The van der Waals surface area contributed by atoms with Gasteiger partial charge in [0.25, 0.3) is 5.91 Å². The predicted molar refractivity (Wildman–Crippen MR) is 82.8 cm³/mol. The van der Waals surface area contributed by atoms with Crippen molar-refractivity contribution < 1.29 is 4.79 Å². The van der Waals surface area contributed by atoms with E-state index in [1.54, 1.807) is 0 Å². The molecule has 0 saturated carbocycles. The smallest absolute Gasteiger partial charge is 0.265 e. The summed E-state index contributed by atoms with van der Waals surface area (Å²) in [6, 6.07) is 6.62. The highest BCUT2D eigenvalue weighted by molar-refractivity contribution is 5.95. The first-order chi connectivity index (χ1) is 9.52. The molecule has 0 radical (unpaired) electrons. The van der Waals surface area contributed by atoms with Gasteiger partial charge < -0.3 is 5.32 Å². The van der Waals surface area contributed by atoms with Crippen LogP contribution in [0.4, 0.5) is 5.69 Å². The molecule has 1 saturated heterocycles. The fraction of sp³-hybridized carbons (Fsp3) is 0.562. The van der Waals surface area contributed by atoms with Crippen LogP contribution in [-0.4, -0.2) is 30.0 Å². The third-order valence-corrected chi connectivity index (χ3v) is 4.18. The Kier molecular flexibility index (Phi) is 4.65. The van der Waals surface area contributed by atoms with Crippen molar-refractivity contribution in [2.45, 2.75) is 52.1 Å². The van der Waals surface area contributed by atoms with Gasteiger partial charge in [-0.3, -0.25) is 10.2 Å². The van der Waals surface area contributed by atoms with E-state index in [-0.39, 0.29) is 5.91 Å². The molecule has 2 atom stereocenters. The van der Waals surface area contributed by atoms with Crippen LogP contribution in [0.1, 0.15) is 49.0 Å². The summed E-state index contributed by atoms with van der Waals surface area (Å²) in [5.74, 6) is -0.00856. The van der Waals surface area contributed by atoms with Crippen molar-refractivity contribution in [2.75, 3.05) is 12.4 Å². The van der Waals surface area contributed by atoms with E-state index in [1.165, 1.54) is 6.42 Å². The first-order valence-electron chi connectivity index (χ1n) is 7.40.